The maximum atomic E-state index is 12.5. The summed E-state index contributed by atoms with van der Waals surface area (Å²) in [5.74, 6) is -1.92. The third kappa shape index (κ3) is 3.11. The van der Waals surface area contributed by atoms with Gasteiger partial charge in [-0.1, -0.05) is 0 Å². The maximum absolute atomic E-state index is 12.5. The van der Waals surface area contributed by atoms with E-state index < -0.39 is 18.0 Å². The van der Waals surface area contributed by atoms with E-state index in [2.05, 4.69) is 10.3 Å². The molecule has 0 aliphatic carbocycles. The zero-order valence-electron chi connectivity index (χ0n) is 15.0. The quantitative estimate of drug-likeness (QED) is 0.544. The number of β-lactam (4-membered cyclic amide) rings is 1. The predicted molar refractivity (Wildman–Crippen MR) is 99.3 cm³/mol. The van der Waals surface area contributed by atoms with Crippen LogP contribution in [0, 0.1) is 11.8 Å². The first-order valence-electron chi connectivity index (χ1n) is 9.29. The highest BCUT2D eigenvalue weighted by molar-refractivity contribution is 8.03. The Bertz CT molecular complexity index is 749. The summed E-state index contributed by atoms with van der Waals surface area (Å²) in [5.41, 5.74) is 0.0459. The zero-order chi connectivity index (χ0) is 19.3. The number of aliphatic hydroxyl groups excluding tert-OH is 1. The van der Waals surface area contributed by atoms with Crippen LogP contribution < -0.4 is 5.32 Å². The Kier molecular flexibility index (Phi) is 4.85. The summed E-state index contributed by atoms with van der Waals surface area (Å²) >= 11 is 1.45. The summed E-state index contributed by atoms with van der Waals surface area (Å²) in [5, 5.41) is 22.7. The van der Waals surface area contributed by atoms with Gasteiger partial charge in [0, 0.05) is 35.9 Å². The number of fused-ring (bicyclic) bond motifs is 1. The number of aliphatic imine (C=N–C) groups is 1. The average molecular weight is 393 g/mol. The number of ketones is 1. The molecule has 27 heavy (non-hydrogen) atoms. The number of carbonyl (C=O) groups is 3. The summed E-state index contributed by atoms with van der Waals surface area (Å²) in [6.07, 6.45) is 2.81. The van der Waals surface area contributed by atoms with Crippen LogP contribution in [-0.4, -0.2) is 75.5 Å². The lowest BCUT2D eigenvalue weighted by atomic mass is 9.83. The van der Waals surface area contributed by atoms with Crippen molar-refractivity contribution >= 4 is 35.6 Å². The minimum Gasteiger partial charge on any atom is -0.477 e. The monoisotopic (exact) mass is 393 g/mol. The molecule has 3 N–H and O–H groups in total. The molecule has 4 aliphatic heterocycles. The lowest BCUT2D eigenvalue weighted by Crippen LogP contribution is -2.61. The third-order valence-electron chi connectivity index (χ3n) is 5.85. The lowest BCUT2D eigenvalue weighted by Gasteiger charge is -2.44. The molecule has 2 fully saturated rings. The molecule has 6 atom stereocenters. The highest BCUT2D eigenvalue weighted by atomic mass is 32.2. The second kappa shape index (κ2) is 7.03. The topological polar surface area (TPSA) is 119 Å². The van der Waals surface area contributed by atoms with Gasteiger partial charge in [-0.05, 0) is 19.8 Å². The molecular weight excluding hydrogens is 370 g/mol. The second-order valence-electron chi connectivity index (χ2n) is 7.61. The molecule has 5 unspecified atom stereocenters. The van der Waals surface area contributed by atoms with Crippen LogP contribution in [0.15, 0.2) is 15.6 Å². The fourth-order valence-corrected chi connectivity index (χ4v) is 5.95. The van der Waals surface area contributed by atoms with E-state index in [1.165, 1.54) is 16.7 Å². The molecule has 0 aromatic rings. The smallest absolute Gasteiger partial charge is 0.353 e. The number of thioether (sulfide) groups is 1. The van der Waals surface area contributed by atoms with Gasteiger partial charge < -0.3 is 20.4 Å². The number of nitrogens with zero attached hydrogens (tertiary/aromatic N) is 2. The van der Waals surface area contributed by atoms with Crippen LogP contribution in [0.2, 0.25) is 0 Å². The number of carboxylic acid groups (broad SMARTS) is 1. The highest BCUT2D eigenvalue weighted by Crippen LogP contribution is 2.48. The summed E-state index contributed by atoms with van der Waals surface area (Å²) < 4.78 is 0. The van der Waals surface area contributed by atoms with E-state index in [0.717, 1.165) is 6.42 Å². The van der Waals surface area contributed by atoms with E-state index in [9.17, 15) is 24.6 Å². The van der Waals surface area contributed by atoms with Crippen molar-refractivity contribution in [1.29, 1.82) is 0 Å². The summed E-state index contributed by atoms with van der Waals surface area (Å²) in [6.45, 7) is 2.89. The van der Waals surface area contributed by atoms with Gasteiger partial charge in [-0.3, -0.25) is 14.6 Å². The van der Waals surface area contributed by atoms with E-state index >= 15 is 0 Å². The summed E-state index contributed by atoms with van der Waals surface area (Å²) in [7, 11) is 0. The number of hydrogen-bond donors (Lipinski definition) is 3. The van der Waals surface area contributed by atoms with E-state index in [4.69, 9.17) is 0 Å². The Hall–Kier alpha value is -1.71. The Morgan fingerprint density at radius 1 is 1.44 bits per heavy atom. The minimum atomic E-state index is -1.11. The first-order valence-corrected chi connectivity index (χ1v) is 10.2. The summed E-state index contributed by atoms with van der Waals surface area (Å²) in [6, 6.07) is -0.496. The molecule has 2 saturated heterocycles. The van der Waals surface area contributed by atoms with Crippen molar-refractivity contribution in [2.75, 3.05) is 13.1 Å². The van der Waals surface area contributed by atoms with Gasteiger partial charge in [-0.25, -0.2) is 4.79 Å². The van der Waals surface area contributed by atoms with Crippen LogP contribution in [0.5, 0.6) is 0 Å². The number of aliphatic carboxylic acids is 1. The highest BCUT2D eigenvalue weighted by Gasteiger charge is 2.57. The molecule has 1 amide bonds. The second-order valence-corrected chi connectivity index (χ2v) is 9.01. The zero-order valence-corrected chi connectivity index (χ0v) is 15.8. The normalized spacial score (nSPS) is 36.1. The molecule has 0 aromatic heterocycles. The van der Waals surface area contributed by atoms with Crippen molar-refractivity contribution in [3.8, 4) is 0 Å². The standard InChI is InChI=1S/C18H23N3O5S/c1-8(22)14-12-5-13(15(18(25)26)21(12)17(14)24)27-10-4-11(20-7-10)16(23)9-2-3-19-6-9/h6,8-12,14,20,22H,2-5,7H2,1H3,(H,25,26)/t8?,9?,10?,11?,12-,14?/m1/s1. The van der Waals surface area contributed by atoms with Gasteiger partial charge in [0.2, 0.25) is 5.91 Å². The molecule has 0 radical (unpaired) electrons. The van der Waals surface area contributed by atoms with Crippen LogP contribution in [-0.2, 0) is 14.4 Å². The fraction of sp³-hybridized carbons (Fsp3) is 0.667. The van der Waals surface area contributed by atoms with Crippen molar-refractivity contribution in [3.63, 3.8) is 0 Å². The van der Waals surface area contributed by atoms with Crippen LogP contribution in [0.1, 0.15) is 26.2 Å². The third-order valence-corrected chi connectivity index (χ3v) is 7.19. The fourth-order valence-electron chi connectivity index (χ4n) is 4.51. The van der Waals surface area contributed by atoms with Crippen LogP contribution >= 0.6 is 11.8 Å². The number of carbonyl (C=O) groups excluding carboxylic acids is 2. The Morgan fingerprint density at radius 2 is 2.22 bits per heavy atom. The molecule has 0 spiro atoms. The number of rotatable bonds is 6. The van der Waals surface area contributed by atoms with Gasteiger partial charge in [0.25, 0.3) is 0 Å². The first kappa shape index (κ1) is 18.6. The molecular formula is C18H23N3O5S. The van der Waals surface area contributed by atoms with Gasteiger partial charge in [0.1, 0.15) is 5.70 Å². The number of aliphatic hydroxyl groups is 1. The Morgan fingerprint density at radius 3 is 2.85 bits per heavy atom. The van der Waals surface area contributed by atoms with Crippen LogP contribution in [0.3, 0.4) is 0 Å². The Labute approximate surface area is 161 Å². The van der Waals surface area contributed by atoms with E-state index in [0.29, 0.717) is 30.8 Å². The number of carboxylic acids is 1. The molecule has 146 valence electrons. The van der Waals surface area contributed by atoms with Gasteiger partial charge in [-0.15, -0.1) is 11.8 Å². The molecule has 0 saturated carbocycles. The largest absolute Gasteiger partial charge is 0.477 e. The van der Waals surface area contributed by atoms with Crippen molar-refractivity contribution in [1.82, 2.24) is 10.2 Å². The SMILES string of the molecule is CC(O)C1C(=O)N2C(C(=O)O)=C(SC3CNC(C(=O)C4C=NCC4)C3)C[C@H]12. The van der Waals surface area contributed by atoms with Crippen molar-refractivity contribution in [2.24, 2.45) is 16.8 Å². The maximum Gasteiger partial charge on any atom is 0.353 e. The lowest BCUT2D eigenvalue weighted by molar-refractivity contribution is -0.161. The molecule has 0 aromatic carbocycles. The Balaban J connectivity index is 1.43. The van der Waals surface area contributed by atoms with Gasteiger partial charge >= 0.3 is 5.97 Å². The van der Waals surface area contributed by atoms with Crippen molar-refractivity contribution in [3.05, 3.63) is 10.6 Å². The number of nitrogens with one attached hydrogen (secondary N) is 1. The average Bonchev–Trinajstić information content (AvgIpc) is 3.33. The molecule has 4 rings (SSSR count). The van der Waals surface area contributed by atoms with E-state index in [-0.39, 0.29) is 40.6 Å². The van der Waals surface area contributed by atoms with E-state index in [1.54, 1.807) is 13.1 Å². The molecule has 9 heteroatoms. The van der Waals surface area contributed by atoms with Crippen LogP contribution in [0.4, 0.5) is 0 Å². The molecule has 8 nitrogen and oxygen atoms in total. The predicted octanol–water partition coefficient (Wildman–Crippen LogP) is 0.0176. The number of Topliss-reactive ketones (excluding diaryl/α,β-unsaturated/α-hetero) is 1. The molecule has 4 heterocycles. The van der Waals surface area contributed by atoms with Crippen LogP contribution in [0.25, 0.3) is 0 Å². The van der Waals surface area contributed by atoms with Crippen molar-refractivity contribution < 1.29 is 24.6 Å². The van der Waals surface area contributed by atoms with Crippen molar-refractivity contribution in [2.45, 2.75) is 49.6 Å². The van der Waals surface area contributed by atoms with Gasteiger partial charge in [0.15, 0.2) is 5.78 Å². The number of amides is 1. The van der Waals surface area contributed by atoms with E-state index in [1.807, 2.05) is 0 Å². The minimum absolute atomic E-state index is 0.0459. The van der Waals surface area contributed by atoms with Gasteiger partial charge in [0.05, 0.1) is 30.0 Å². The summed E-state index contributed by atoms with van der Waals surface area (Å²) in [4.78, 5) is 42.6. The first-order chi connectivity index (χ1) is 12.9. The molecule has 4 aliphatic rings. The molecule has 0 bridgehead atoms. The number of hydrogen-bond acceptors (Lipinski definition) is 7. The van der Waals surface area contributed by atoms with Gasteiger partial charge in [-0.2, -0.15) is 0 Å².